The van der Waals surface area contributed by atoms with Crippen LogP contribution in [-0.2, 0) is 20.6 Å². The Bertz CT molecular complexity index is 1240. The van der Waals surface area contributed by atoms with Gasteiger partial charge in [-0.2, -0.15) is 0 Å². The van der Waals surface area contributed by atoms with Crippen LogP contribution >= 0.6 is 34.0 Å². The predicted octanol–water partition coefficient (Wildman–Crippen LogP) is 6.54. The Morgan fingerprint density at radius 1 is 0.732 bits per heavy atom. The van der Waals surface area contributed by atoms with E-state index < -0.39 is 0 Å². The first kappa shape index (κ1) is 29.9. The molecule has 9 heteroatoms. The van der Waals surface area contributed by atoms with E-state index in [1.165, 1.54) is 31.3 Å². The quantitative estimate of drug-likeness (QED) is 0.203. The maximum atomic E-state index is 6.51. The summed E-state index contributed by atoms with van der Waals surface area (Å²) >= 11 is 5.52. The first-order valence-electron chi connectivity index (χ1n) is 15.3. The standard InChI is InChI=1S/C32H45N3O3S3/c1-4-33-15-27-31-25(7-11-40-31)23(18-37-27)14-21(3)35-17-29-32-26(8-12-41-32)24(19-38-29)13-20(2)34-16-28-30-22(5-9-36-28)6-10-39-30/h6-8,10-12,20-21,23-24,27-29,33-35H,4-5,9,13-19H2,1-3H3/t20?,21?,23?,24?,27-,28+,29?/m0/s1. The molecule has 0 aromatic carbocycles. The zero-order chi connectivity index (χ0) is 28.2. The van der Waals surface area contributed by atoms with Gasteiger partial charge in [-0.1, -0.05) is 6.92 Å². The lowest BCUT2D eigenvalue weighted by molar-refractivity contribution is 0.0206. The molecule has 0 saturated heterocycles. The van der Waals surface area contributed by atoms with Crippen molar-refractivity contribution in [3.63, 3.8) is 0 Å². The van der Waals surface area contributed by atoms with Crippen molar-refractivity contribution in [3.05, 3.63) is 65.7 Å². The van der Waals surface area contributed by atoms with Crippen LogP contribution in [0.3, 0.4) is 0 Å². The van der Waals surface area contributed by atoms with E-state index in [0.29, 0.717) is 23.9 Å². The van der Waals surface area contributed by atoms with E-state index in [1.54, 1.807) is 0 Å². The van der Waals surface area contributed by atoms with Gasteiger partial charge in [0.15, 0.2) is 0 Å². The molecule has 224 valence electrons. The molecule has 7 atom stereocenters. The molecule has 0 radical (unpaired) electrons. The minimum absolute atomic E-state index is 0.128. The van der Waals surface area contributed by atoms with Crippen molar-refractivity contribution in [2.24, 2.45) is 0 Å². The second kappa shape index (κ2) is 14.1. The molecule has 0 spiro atoms. The smallest absolute Gasteiger partial charge is 0.104 e. The number of fused-ring (bicyclic) bond motifs is 3. The zero-order valence-electron chi connectivity index (χ0n) is 24.5. The molecule has 6 nitrogen and oxygen atoms in total. The van der Waals surface area contributed by atoms with Gasteiger partial charge >= 0.3 is 0 Å². The summed E-state index contributed by atoms with van der Waals surface area (Å²) in [4.78, 5) is 4.21. The number of nitrogens with one attached hydrogen (secondary N) is 3. The van der Waals surface area contributed by atoms with Crippen LogP contribution < -0.4 is 16.0 Å². The van der Waals surface area contributed by atoms with Gasteiger partial charge in [0.1, 0.15) is 18.3 Å². The van der Waals surface area contributed by atoms with Gasteiger partial charge in [-0.05, 0) is 90.7 Å². The highest BCUT2D eigenvalue weighted by Gasteiger charge is 2.32. The molecule has 0 amide bonds. The number of rotatable bonds is 13. The third-order valence-corrected chi connectivity index (χ3v) is 11.9. The Morgan fingerprint density at radius 2 is 1.27 bits per heavy atom. The number of hydrogen-bond acceptors (Lipinski definition) is 9. The van der Waals surface area contributed by atoms with Gasteiger partial charge in [0, 0.05) is 58.2 Å². The third-order valence-electron chi connectivity index (χ3n) is 8.84. The van der Waals surface area contributed by atoms with Crippen molar-refractivity contribution in [3.8, 4) is 0 Å². The summed E-state index contributed by atoms with van der Waals surface area (Å²) in [6.45, 7) is 12.8. The summed E-state index contributed by atoms with van der Waals surface area (Å²) in [7, 11) is 0. The molecule has 41 heavy (non-hydrogen) atoms. The summed E-state index contributed by atoms with van der Waals surface area (Å²) in [5.74, 6) is 0.883. The van der Waals surface area contributed by atoms with Crippen molar-refractivity contribution >= 4 is 34.0 Å². The van der Waals surface area contributed by atoms with Crippen molar-refractivity contribution in [2.75, 3.05) is 46.0 Å². The van der Waals surface area contributed by atoms with Gasteiger partial charge in [-0.25, -0.2) is 0 Å². The lowest BCUT2D eigenvalue weighted by atomic mass is 9.89. The molecule has 0 bridgehead atoms. The zero-order valence-corrected chi connectivity index (χ0v) is 27.0. The molecule has 0 fully saturated rings. The summed E-state index contributed by atoms with van der Waals surface area (Å²) in [5, 5.41) is 17.7. The van der Waals surface area contributed by atoms with Crippen LogP contribution in [0.4, 0.5) is 0 Å². The van der Waals surface area contributed by atoms with Crippen LogP contribution in [0.1, 0.15) is 95.1 Å². The lowest BCUT2D eigenvalue weighted by Crippen LogP contribution is -2.37. The highest BCUT2D eigenvalue weighted by molar-refractivity contribution is 7.10. The molecule has 0 saturated carbocycles. The molecular weight excluding hydrogens is 571 g/mol. The average Bonchev–Trinajstić information content (AvgIpc) is 3.76. The van der Waals surface area contributed by atoms with E-state index in [4.69, 9.17) is 14.2 Å². The topological polar surface area (TPSA) is 63.8 Å². The normalized spacial score (nSPS) is 27.1. The molecule has 3 aliphatic rings. The van der Waals surface area contributed by atoms with E-state index in [9.17, 15) is 0 Å². The van der Waals surface area contributed by atoms with Crippen LogP contribution in [0.15, 0.2) is 34.3 Å². The van der Waals surface area contributed by atoms with Crippen molar-refractivity contribution in [1.29, 1.82) is 0 Å². The van der Waals surface area contributed by atoms with E-state index in [0.717, 1.165) is 65.3 Å². The second-order valence-corrected chi connectivity index (χ2v) is 14.7. The second-order valence-electron chi connectivity index (χ2n) is 11.8. The fourth-order valence-electron chi connectivity index (χ4n) is 6.64. The lowest BCUT2D eigenvalue weighted by Gasteiger charge is -2.33. The highest BCUT2D eigenvalue weighted by atomic mass is 32.1. The summed E-state index contributed by atoms with van der Waals surface area (Å²) < 4.78 is 18.9. The van der Waals surface area contributed by atoms with Crippen LogP contribution in [-0.4, -0.2) is 58.1 Å². The van der Waals surface area contributed by atoms with Gasteiger partial charge in [0.2, 0.25) is 0 Å². The Kier molecular flexibility index (Phi) is 10.3. The molecule has 0 aliphatic carbocycles. The van der Waals surface area contributed by atoms with Crippen LogP contribution in [0.2, 0.25) is 0 Å². The van der Waals surface area contributed by atoms with Gasteiger partial charge in [0.25, 0.3) is 0 Å². The first-order chi connectivity index (χ1) is 20.1. The average molecular weight is 616 g/mol. The summed E-state index contributed by atoms with van der Waals surface area (Å²) in [5.41, 5.74) is 4.44. The van der Waals surface area contributed by atoms with Crippen LogP contribution in [0.25, 0.3) is 0 Å². The first-order valence-corrected chi connectivity index (χ1v) is 18.0. The van der Waals surface area contributed by atoms with Crippen LogP contribution in [0, 0.1) is 0 Å². The van der Waals surface area contributed by atoms with Crippen molar-refractivity contribution < 1.29 is 14.2 Å². The maximum Gasteiger partial charge on any atom is 0.104 e. The SMILES string of the molecule is CCNC[C@@H]1OCC(CC(C)NCC2OCC(CC(C)NC[C@H]3OCCc4ccsc43)c3ccsc32)c2ccsc21. The maximum absolute atomic E-state index is 6.51. The minimum atomic E-state index is 0.128. The number of hydrogen-bond donors (Lipinski definition) is 3. The van der Waals surface area contributed by atoms with Gasteiger partial charge in [-0.3, -0.25) is 0 Å². The van der Waals surface area contributed by atoms with Gasteiger partial charge in [0.05, 0.1) is 19.8 Å². The molecule has 3 aromatic rings. The monoisotopic (exact) mass is 615 g/mol. The molecule has 3 aliphatic heterocycles. The molecule has 3 N–H and O–H groups in total. The van der Waals surface area contributed by atoms with Crippen molar-refractivity contribution in [2.45, 2.75) is 82.3 Å². The molecule has 6 heterocycles. The fourth-order valence-corrected chi connectivity index (χ4v) is 9.71. The van der Waals surface area contributed by atoms with Gasteiger partial charge in [-0.15, -0.1) is 34.0 Å². The van der Waals surface area contributed by atoms with E-state index >= 15 is 0 Å². The fraction of sp³-hybridized carbons (Fsp3) is 0.625. The number of likely N-dealkylation sites (N-methyl/N-ethyl adjacent to an activating group) is 1. The molecule has 6 rings (SSSR count). The third kappa shape index (κ3) is 7.00. The van der Waals surface area contributed by atoms with Crippen molar-refractivity contribution in [1.82, 2.24) is 16.0 Å². The Hall–Kier alpha value is -1.14. The number of ether oxygens (including phenoxy) is 3. The minimum Gasteiger partial charge on any atom is -0.371 e. The van der Waals surface area contributed by atoms with E-state index in [-0.39, 0.29) is 18.3 Å². The van der Waals surface area contributed by atoms with Gasteiger partial charge < -0.3 is 30.2 Å². The molecule has 3 aromatic heterocycles. The van der Waals surface area contributed by atoms with Crippen LogP contribution in [0.5, 0.6) is 0 Å². The van der Waals surface area contributed by atoms with E-state index in [2.05, 4.69) is 71.1 Å². The summed E-state index contributed by atoms with van der Waals surface area (Å²) in [6.07, 6.45) is 3.70. The predicted molar refractivity (Wildman–Crippen MR) is 171 cm³/mol. The Balaban J connectivity index is 0.981. The number of thiophene rings is 3. The summed E-state index contributed by atoms with van der Waals surface area (Å²) in [6, 6.07) is 7.70. The Morgan fingerprint density at radius 3 is 1.88 bits per heavy atom. The highest BCUT2D eigenvalue weighted by Crippen LogP contribution is 2.41. The largest absolute Gasteiger partial charge is 0.371 e. The van der Waals surface area contributed by atoms with E-state index in [1.807, 2.05) is 34.0 Å². The molecule has 5 unspecified atom stereocenters. The Labute approximate surface area is 257 Å². The molecular formula is C32H45N3O3S3.